The molecular formula is C28H25N3O4. The molecule has 3 aromatic carbocycles. The van der Waals surface area contributed by atoms with Gasteiger partial charge in [0.15, 0.2) is 17.3 Å². The standard InChI is InChI=1S/C28H25N3O4/c1-4-33-24-14-18(3)20(16-25(24)34-5-2)17-29-31-27(26-15-19-10-6-9-13-23(19)35-26)30-22-12-8-7-11-21(22)28(31)32/h6-17H,4-5H2,1-3H3. The molecule has 0 spiro atoms. The first-order chi connectivity index (χ1) is 17.1. The van der Waals surface area contributed by atoms with Crippen molar-refractivity contribution in [3.63, 3.8) is 0 Å². The molecule has 35 heavy (non-hydrogen) atoms. The second-order valence-electron chi connectivity index (χ2n) is 7.98. The lowest BCUT2D eigenvalue weighted by molar-refractivity contribution is 0.287. The zero-order valence-corrected chi connectivity index (χ0v) is 19.8. The lowest BCUT2D eigenvalue weighted by Crippen LogP contribution is -2.20. The van der Waals surface area contributed by atoms with Crippen LogP contribution in [0.3, 0.4) is 0 Å². The van der Waals surface area contributed by atoms with Crippen molar-refractivity contribution in [3.05, 3.63) is 88.2 Å². The van der Waals surface area contributed by atoms with Crippen molar-refractivity contribution in [2.75, 3.05) is 13.2 Å². The van der Waals surface area contributed by atoms with Crippen molar-refractivity contribution in [1.29, 1.82) is 0 Å². The van der Waals surface area contributed by atoms with E-state index in [4.69, 9.17) is 18.9 Å². The number of fused-ring (bicyclic) bond motifs is 2. The molecule has 5 aromatic rings. The van der Waals surface area contributed by atoms with Crippen LogP contribution in [0.4, 0.5) is 0 Å². The molecule has 0 aliphatic rings. The first-order valence-electron chi connectivity index (χ1n) is 11.5. The summed E-state index contributed by atoms with van der Waals surface area (Å²) < 4.78 is 18.8. The number of aromatic nitrogens is 2. The zero-order valence-electron chi connectivity index (χ0n) is 19.8. The van der Waals surface area contributed by atoms with E-state index >= 15 is 0 Å². The van der Waals surface area contributed by atoms with Gasteiger partial charge in [0, 0.05) is 10.9 Å². The smallest absolute Gasteiger partial charge is 0.282 e. The minimum absolute atomic E-state index is 0.282. The minimum Gasteiger partial charge on any atom is -0.490 e. The largest absolute Gasteiger partial charge is 0.490 e. The van der Waals surface area contributed by atoms with Crippen LogP contribution in [0.5, 0.6) is 11.5 Å². The fraction of sp³-hybridized carbons (Fsp3) is 0.179. The van der Waals surface area contributed by atoms with Crippen LogP contribution in [-0.2, 0) is 0 Å². The van der Waals surface area contributed by atoms with Crippen LogP contribution < -0.4 is 15.0 Å². The molecule has 0 saturated carbocycles. The number of ether oxygens (including phenoxy) is 2. The normalized spacial score (nSPS) is 11.5. The van der Waals surface area contributed by atoms with Gasteiger partial charge in [0.1, 0.15) is 5.58 Å². The van der Waals surface area contributed by atoms with E-state index in [1.807, 2.05) is 81.4 Å². The van der Waals surface area contributed by atoms with Gasteiger partial charge < -0.3 is 13.9 Å². The minimum atomic E-state index is -0.282. The number of aryl methyl sites for hydroxylation is 1. The Morgan fingerprint density at radius 1 is 0.971 bits per heavy atom. The van der Waals surface area contributed by atoms with E-state index in [9.17, 15) is 4.79 Å². The molecule has 0 atom stereocenters. The topological polar surface area (TPSA) is 78.9 Å². The molecule has 0 aliphatic carbocycles. The predicted molar refractivity (Wildman–Crippen MR) is 138 cm³/mol. The second kappa shape index (κ2) is 9.46. The maximum Gasteiger partial charge on any atom is 0.282 e. The Morgan fingerprint density at radius 2 is 1.69 bits per heavy atom. The lowest BCUT2D eigenvalue weighted by atomic mass is 10.1. The Hall–Kier alpha value is -4.39. The molecule has 2 aromatic heterocycles. The molecule has 5 rings (SSSR count). The summed E-state index contributed by atoms with van der Waals surface area (Å²) in [7, 11) is 0. The van der Waals surface area contributed by atoms with E-state index in [-0.39, 0.29) is 5.56 Å². The number of furan rings is 1. The fourth-order valence-corrected chi connectivity index (χ4v) is 3.96. The Kier molecular flexibility index (Phi) is 6.06. The highest BCUT2D eigenvalue weighted by Gasteiger charge is 2.16. The van der Waals surface area contributed by atoms with Crippen LogP contribution in [0, 0.1) is 6.92 Å². The van der Waals surface area contributed by atoms with Crippen LogP contribution in [0.15, 0.2) is 81.0 Å². The molecule has 7 heteroatoms. The van der Waals surface area contributed by atoms with Gasteiger partial charge in [-0.05, 0) is 62.7 Å². The highest BCUT2D eigenvalue weighted by atomic mass is 16.5. The number of nitrogens with zero attached hydrogens (tertiary/aromatic N) is 3. The first kappa shape index (κ1) is 22.4. The Labute approximate surface area is 202 Å². The molecule has 0 unspecified atom stereocenters. The van der Waals surface area contributed by atoms with Crippen molar-refractivity contribution >= 4 is 28.1 Å². The van der Waals surface area contributed by atoms with Crippen LogP contribution >= 0.6 is 0 Å². The summed E-state index contributed by atoms with van der Waals surface area (Å²) in [6, 6.07) is 20.5. The summed E-state index contributed by atoms with van der Waals surface area (Å²) in [5.41, 5.74) is 2.75. The Bertz CT molecular complexity index is 1580. The van der Waals surface area contributed by atoms with Gasteiger partial charge in [0.05, 0.1) is 30.3 Å². The molecule has 0 saturated heterocycles. The van der Waals surface area contributed by atoms with E-state index in [1.165, 1.54) is 4.68 Å². The average Bonchev–Trinajstić information content (AvgIpc) is 3.30. The van der Waals surface area contributed by atoms with Gasteiger partial charge in [-0.15, -0.1) is 0 Å². The van der Waals surface area contributed by atoms with E-state index in [0.717, 1.165) is 16.5 Å². The van der Waals surface area contributed by atoms with Gasteiger partial charge in [-0.2, -0.15) is 9.78 Å². The number of hydrogen-bond donors (Lipinski definition) is 0. The maximum atomic E-state index is 13.5. The van der Waals surface area contributed by atoms with Gasteiger partial charge in [-0.25, -0.2) is 4.98 Å². The van der Waals surface area contributed by atoms with Gasteiger partial charge in [-0.3, -0.25) is 4.79 Å². The summed E-state index contributed by atoms with van der Waals surface area (Å²) in [6.07, 6.45) is 1.64. The lowest BCUT2D eigenvalue weighted by Gasteiger charge is -2.13. The molecule has 0 bridgehead atoms. The molecule has 176 valence electrons. The van der Waals surface area contributed by atoms with Crippen molar-refractivity contribution in [2.45, 2.75) is 20.8 Å². The number of benzene rings is 3. The van der Waals surface area contributed by atoms with Crippen molar-refractivity contribution < 1.29 is 13.9 Å². The van der Waals surface area contributed by atoms with Gasteiger partial charge in [-0.1, -0.05) is 30.3 Å². The van der Waals surface area contributed by atoms with E-state index in [1.54, 1.807) is 12.3 Å². The van der Waals surface area contributed by atoms with Crippen molar-refractivity contribution in [1.82, 2.24) is 9.66 Å². The summed E-state index contributed by atoms with van der Waals surface area (Å²) in [5, 5.41) is 5.97. The van der Waals surface area contributed by atoms with Crippen molar-refractivity contribution in [2.24, 2.45) is 5.10 Å². The first-order valence-corrected chi connectivity index (χ1v) is 11.5. The highest BCUT2D eigenvalue weighted by molar-refractivity contribution is 5.85. The molecule has 7 nitrogen and oxygen atoms in total. The Morgan fingerprint density at radius 3 is 2.46 bits per heavy atom. The number of hydrogen-bond acceptors (Lipinski definition) is 6. The average molecular weight is 468 g/mol. The second-order valence-corrected chi connectivity index (χ2v) is 7.98. The third kappa shape index (κ3) is 4.28. The molecule has 0 radical (unpaired) electrons. The summed E-state index contributed by atoms with van der Waals surface area (Å²) in [5.74, 6) is 2.10. The molecular weight excluding hydrogens is 442 g/mol. The van der Waals surface area contributed by atoms with Gasteiger partial charge in [0.2, 0.25) is 5.82 Å². The molecule has 0 fully saturated rings. The third-order valence-electron chi connectivity index (χ3n) is 5.64. The number of para-hydroxylation sites is 2. The van der Waals surface area contributed by atoms with Crippen LogP contribution in [0.1, 0.15) is 25.0 Å². The molecule has 0 N–H and O–H groups in total. The van der Waals surface area contributed by atoms with E-state index in [0.29, 0.717) is 52.8 Å². The van der Waals surface area contributed by atoms with Crippen LogP contribution in [-0.4, -0.2) is 29.1 Å². The van der Waals surface area contributed by atoms with E-state index in [2.05, 4.69) is 5.10 Å². The van der Waals surface area contributed by atoms with Crippen LogP contribution in [0.2, 0.25) is 0 Å². The van der Waals surface area contributed by atoms with Crippen molar-refractivity contribution in [3.8, 4) is 23.1 Å². The van der Waals surface area contributed by atoms with Gasteiger partial charge >= 0.3 is 0 Å². The highest BCUT2D eigenvalue weighted by Crippen LogP contribution is 2.31. The third-order valence-corrected chi connectivity index (χ3v) is 5.64. The van der Waals surface area contributed by atoms with Crippen LogP contribution in [0.25, 0.3) is 33.5 Å². The summed E-state index contributed by atoms with van der Waals surface area (Å²) >= 11 is 0. The van der Waals surface area contributed by atoms with Gasteiger partial charge in [0.25, 0.3) is 5.56 Å². The summed E-state index contributed by atoms with van der Waals surface area (Å²) in [4.78, 5) is 18.2. The predicted octanol–water partition coefficient (Wildman–Crippen LogP) is 5.80. The SMILES string of the molecule is CCOc1cc(C)c(C=Nn2c(-c3cc4ccccc4o3)nc3ccccc3c2=O)cc1OCC. The fourth-order valence-electron chi connectivity index (χ4n) is 3.96. The quantitative estimate of drug-likeness (QED) is 0.283. The molecule has 0 amide bonds. The molecule has 0 aliphatic heterocycles. The Balaban J connectivity index is 1.67. The monoisotopic (exact) mass is 467 g/mol. The maximum absolute atomic E-state index is 13.5. The molecule has 2 heterocycles. The summed E-state index contributed by atoms with van der Waals surface area (Å²) in [6.45, 7) is 6.85. The zero-order chi connectivity index (χ0) is 24.4. The van der Waals surface area contributed by atoms with E-state index < -0.39 is 0 Å². The number of rotatable bonds is 7.